The lowest BCUT2D eigenvalue weighted by Crippen LogP contribution is -2.04. The number of aromatic nitrogens is 1. The maximum Gasteiger partial charge on any atom is 0.416 e. The summed E-state index contributed by atoms with van der Waals surface area (Å²) in [6, 6.07) is 1.89. The molecule has 7 heteroatoms. The lowest BCUT2D eigenvalue weighted by molar-refractivity contribution is -0.137. The van der Waals surface area contributed by atoms with Crippen molar-refractivity contribution in [2.75, 3.05) is 0 Å². The molecule has 1 aromatic heterocycles. The normalized spacial score (nSPS) is 12.3. The molecule has 1 aromatic carbocycles. The zero-order valence-corrected chi connectivity index (χ0v) is 9.39. The van der Waals surface area contributed by atoms with Crippen LogP contribution in [0.4, 0.5) is 13.2 Å². The second-order valence-corrected chi connectivity index (χ2v) is 3.97. The molecule has 16 heavy (non-hydrogen) atoms. The smallest absolute Gasteiger partial charge is 0.416 e. The fraction of sp³-hybridized carbons (Fsp3) is 0.222. The van der Waals surface area contributed by atoms with Crippen molar-refractivity contribution in [2.24, 2.45) is 5.73 Å². The van der Waals surface area contributed by atoms with Crippen molar-refractivity contribution in [1.29, 1.82) is 0 Å². The minimum atomic E-state index is -4.40. The molecule has 0 saturated carbocycles. The Hall–Kier alpha value is -1.08. The summed E-state index contributed by atoms with van der Waals surface area (Å²) in [5.74, 6) is 0.204. The SMILES string of the molecule is NCc1nc2cc(C(F)(F)F)cc(Br)c2o1. The lowest BCUT2D eigenvalue weighted by Gasteiger charge is -2.06. The third-order valence-electron chi connectivity index (χ3n) is 1.99. The van der Waals surface area contributed by atoms with Gasteiger partial charge in [0.05, 0.1) is 16.6 Å². The molecule has 1 heterocycles. The average molecular weight is 295 g/mol. The van der Waals surface area contributed by atoms with E-state index >= 15 is 0 Å². The highest BCUT2D eigenvalue weighted by Crippen LogP contribution is 2.35. The van der Waals surface area contributed by atoms with Gasteiger partial charge >= 0.3 is 6.18 Å². The van der Waals surface area contributed by atoms with Gasteiger partial charge in [-0.25, -0.2) is 4.98 Å². The van der Waals surface area contributed by atoms with E-state index in [0.29, 0.717) is 0 Å². The Labute approximate surface area is 96.6 Å². The van der Waals surface area contributed by atoms with E-state index in [2.05, 4.69) is 20.9 Å². The number of rotatable bonds is 1. The topological polar surface area (TPSA) is 52.0 Å². The maximum absolute atomic E-state index is 12.5. The van der Waals surface area contributed by atoms with Crippen LogP contribution in [0, 0.1) is 0 Å². The quantitative estimate of drug-likeness (QED) is 0.879. The van der Waals surface area contributed by atoms with E-state index in [1.54, 1.807) is 0 Å². The minimum Gasteiger partial charge on any atom is -0.438 e. The number of hydrogen-bond donors (Lipinski definition) is 1. The van der Waals surface area contributed by atoms with Gasteiger partial charge in [0, 0.05) is 0 Å². The highest BCUT2D eigenvalue weighted by atomic mass is 79.9. The van der Waals surface area contributed by atoms with E-state index in [-0.39, 0.29) is 28.0 Å². The molecule has 0 aliphatic carbocycles. The van der Waals surface area contributed by atoms with Crippen molar-refractivity contribution in [3.8, 4) is 0 Å². The molecule has 0 fully saturated rings. The first-order chi connectivity index (χ1) is 7.41. The van der Waals surface area contributed by atoms with Gasteiger partial charge in [-0.2, -0.15) is 13.2 Å². The zero-order valence-electron chi connectivity index (χ0n) is 7.81. The first-order valence-corrected chi connectivity index (χ1v) is 5.07. The van der Waals surface area contributed by atoms with Crippen molar-refractivity contribution in [3.05, 3.63) is 28.1 Å². The third kappa shape index (κ3) is 1.92. The highest BCUT2D eigenvalue weighted by Gasteiger charge is 2.32. The molecule has 0 unspecified atom stereocenters. The van der Waals surface area contributed by atoms with Crippen LogP contribution in [0.1, 0.15) is 11.5 Å². The molecule has 0 spiro atoms. The average Bonchev–Trinajstić information content (AvgIpc) is 2.59. The van der Waals surface area contributed by atoms with Crippen LogP contribution in [-0.2, 0) is 12.7 Å². The summed E-state index contributed by atoms with van der Waals surface area (Å²) in [6.07, 6.45) is -4.40. The second-order valence-electron chi connectivity index (χ2n) is 3.12. The maximum atomic E-state index is 12.5. The van der Waals surface area contributed by atoms with Gasteiger partial charge in [-0.1, -0.05) is 0 Å². The van der Waals surface area contributed by atoms with Gasteiger partial charge in [0.25, 0.3) is 0 Å². The molecule has 3 nitrogen and oxygen atoms in total. The van der Waals surface area contributed by atoms with Crippen LogP contribution in [0.25, 0.3) is 11.1 Å². The number of alkyl halides is 3. The minimum absolute atomic E-state index is 0.0441. The Balaban J connectivity index is 2.67. The number of halogens is 4. The standard InChI is InChI=1S/C9H6BrF3N2O/c10-5-1-4(9(11,12)13)2-6-8(5)16-7(3-14)15-6/h1-2H,3,14H2. The molecule has 0 atom stereocenters. The molecule has 86 valence electrons. The van der Waals surface area contributed by atoms with Crippen molar-refractivity contribution in [3.63, 3.8) is 0 Å². The molecule has 0 aliphatic rings. The molecule has 0 amide bonds. The van der Waals surface area contributed by atoms with Gasteiger partial charge in [-0.3, -0.25) is 0 Å². The Kier molecular flexibility index (Phi) is 2.67. The van der Waals surface area contributed by atoms with Gasteiger partial charge in [-0.05, 0) is 28.1 Å². The van der Waals surface area contributed by atoms with Crippen LogP contribution in [0.2, 0.25) is 0 Å². The number of benzene rings is 1. The van der Waals surface area contributed by atoms with Crippen LogP contribution >= 0.6 is 15.9 Å². The summed E-state index contributed by atoms with van der Waals surface area (Å²) in [6.45, 7) is 0.0441. The zero-order chi connectivity index (χ0) is 11.9. The summed E-state index contributed by atoms with van der Waals surface area (Å²) < 4.78 is 42.8. The van der Waals surface area contributed by atoms with Crippen LogP contribution in [-0.4, -0.2) is 4.98 Å². The Morgan fingerprint density at radius 2 is 2.06 bits per heavy atom. The summed E-state index contributed by atoms with van der Waals surface area (Å²) in [5.41, 5.74) is 4.93. The van der Waals surface area contributed by atoms with Gasteiger partial charge in [0.2, 0.25) is 5.89 Å². The predicted octanol–water partition coefficient (Wildman–Crippen LogP) is 3.07. The molecule has 2 aromatic rings. The van der Waals surface area contributed by atoms with Gasteiger partial charge in [-0.15, -0.1) is 0 Å². The molecule has 0 saturated heterocycles. The fourth-order valence-corrected chi connectivity index (χ4v) is 1.82. The highest BCUT2D eigenvalue weighted by molar-refractivity contribution is 9.10. The van der Waals surface area contributed by atoms with E-state index < -0.39 is 11.7 Å². The molecule has 2 N–H and O–H groups in total. The van der Waals surface area contributed by atoms with Crippen molar-refractivity contribution < 1.29 is 17.6 Å². The van der Waals surface area contributed by atoms with Crippen molar-refractivity contribution in [2.45, 2.75) is 12.7 Å². The van der Waals surface area contributed by atoms with E-state index in [4.69, 9.17) is 10.2 Å². The number of hydrogen-bond acceptors (Lipinski definition) is 3. The summed E-state index contributed by atoms with van der Waals surface area (Å²) in [5, 5.41) is 0. The van der Waals surface area contributed by atoms with Crippen molar-refractivity contribution >= 4 is 27.0 Å². The summed E-state index contributed by atoms with van der Waals surface area (Å²) >= 11 is 3.01. The molecular weight excluding hydrogens is 289 g/mol. The molecule has 0 radical (unpaired) electrons. The van der Waals surface area contributed by atoms with Gasteiger partial charge in [0.15, 0.2) is 5.58 Å². The number of fused-ring (bicyclic) bond motifs is 1. The lowest BCUT2D eigenvalue weighted by atomic mass is 10.2. The van der Waals surface area contributed by atoms with E-state index in [1.807, 2.05) is 0 Å². The van der Waals surface area contributed by atoms with Crippen LogP contribution in [0.5, 0.6) is 0 Å². The van der Waals surface area contributed by atoms with Crippen LogP contribution < -0.4 is 5.73 Å². The second kappa shape index (κ2) is 3.74. The number of oxazole rings is 1. The number of nitrogens with zero attached hydrogens (tertiary/aromatic N) is 1. The molecular formula is C9H6BrF3N2O. The van der Waals surface area contributed by atoms with Gasteiger partial charge < -0.3 is 10.2 Å². The molecule has 0 bridgehead atoms. The van der Waals surface area contributed by atoms with E-state index in [9.17, 15) is 13.2 Å². The summed E-state index contributed by atoms with van der Waals surface area (Å²) in [4.78, 5) is 3.84. The fourth-order valence-electron chi connectivity index (χ4n) is 1.29. The monoisotopic (exact) mass is 294 g/mol. The van der Waals surface area contributed by atoms with Crippen LogP contribution in [0.15, 0.2) is 21.0 Å². The number of nitrogens with two attached hydrogens (primary N) is 1. The first-order valence-electron chi connectivity index (χ1n) is 4.28. The van der Waals surface area contributed by atoms with Crippen LogP contribution in [0.3, 0.4) is 0 Å². The Bertz CT molecular complexity index is 535. The van der Waals surface area contributed by atoms with Crippen molar-refractivity contribution in [1.82, 2.24) is 4.98 Å². The van der Waals surface area contributed by atoms with Gasteiger partial charge in [0.1, 0.15) is 5.52 Å². The van der Waals surface area contributed by atoms with E-state index in [0.717, 1.165) is 12.1 Å². The third-order valence-corrected chi connectivity index (χ3v) is 2.58. The first kappa shape index (κ1) is 11.4. The summed E-state index contributed by atoms with van der Waals surface area (Å²) in [7, 11) is 0. The molecule has 0 aliphatic heterocycles. The largest absolute Gasteiger partial charge is 0.438 e. The predicted molar refractivity (Wildman–Crippen MR) is 54.6 cm³/mol. The van der Waals surface area contributed by atoms with E-state index in [1.165, 1.54) is 0 Å². The molecule has 2 rings (SSSR count). The Morgan fingerprint density at radius 3 is 2.62 bits per heavy atom. The Morgan fingerprint density at radius 1 is 1.38 bits per heavy atom.